The van der Waals surface area contributed by atoms with Crippen molar-refractivity contribution >= 4 is 28.8 Å². The van der Waals surface area contributed by atoms with E-state index in [1.54, 1.807) is 30.6 Å². The highest BCUT2D eigenvalue weighted by molar-refractivity contribution is 7.09. The van der Waals surface area contributed by atoms with E-state index in [1.165, 1.54) is 6.92 Å². The van der Waals surface area contributed by atoms with Crippen LogP contribution >= 0.6 is 11.3 Å². The third kappa shape index (κ3) is 4.95. The Balaban J connectivity index is 1.56. The number of ether oxygens (including phenoxy) is 1. The molecule has 0 saturated carbocycles. The van der Waals surface area contributed by atoms with Crippen LogP contribution in [-0.4, -0.2) is 30.5 Å². The number of hydrogen-bond donors (Lipinski definition) is 2. The van der Waals surface area contributed by atoms with Gasteiger partial charge in [0.15, 0.2) is 0 Å². The zero-order valence-electron chi connectivity index (χ0n) is 15.7. The molecule has 0 aliphatic heterocycles. The van der Waals surface area contributed by atoms with Crippen molar-refractivity contribution in [2.75, 3.05) is 19.0 Å². The minimum Gasteiger partial charge on any atom is -0.496 e. The van der Waals surface area contributed by atoms with Gasteiger partial charge in [0.05, 0.1) is 23.4 Å². The number of anilines is 1. The van der Waals surface area contributed by atoms with E-state index < -0.39 is 0 Å². The molecule has 2 amide bonds. The van der Waals surface area contributed by atoms with Crippen molar-refractivity contribution in [3.63, 3.8) is 0 Å². The lowest BCUT2D eigenvalue weighted by atomic mass is 10.1. The number of carbonyl (C=O) groups is 2. The molecule has 0 spiro atoms. The third-order valence-corrected chi connectivity index (χ3v) is 4.94. The smallest absolute Gasteiger partial charge is 0.255 e. The molecule has 3 aromatic rings. The fourth-order valence-electron chi connectivity index (χ4n) is 2.70. The molecule has 0 bridgehead atoms. The van der Waals surface area contributed by atoms with Crippen LogP contribution in [0.5, 0.6) is 5.75 Å². The number of rotatable bonds is 7. The first kappa shape index (κ1) is 19.6. The number of methoxy groups -OCH3 is 1. The van der Waals surface area contributed by atoms with Crippen LogP contribution in [0.25, 0.3) is 11.3 Å². The summed E-state index contributed by atoms with van der Waals surface area (Å²) in [5, 5.41) is 8.58. The minimum atomic E-state index is -0.164. The molecular weight excluding hydrogens is 374 g/mol. The van der Waals surface area contributed by atoms with Crippen LogP contribution in [-0.2, 0) is 11.2 Å². The number of amides is 2. The van der Waals surface area contributed by atoms with Crippen molar-refractivity contribution in [1.29, 1.82) is 0 Å². The third-order valence-electron chi connectivity index (χ3n) is 4.03. The van der Waals surface area contributed by atoms with Crippen LogP contribution in [0.3, 0.4) is 0 Å². The molecule has 0 saturated heterocycles. The average molecular weight is 395 g/mol. The van der Waals surface area contributed by atoms with Crippen LogP contribution in [0.1, 0.15) is 22.3 Å². The second-order valence-corrected chi connectivity index (χ2v) is 7.03. The largest absolute Gasteiger partial charge is 0.496 e. The van der Waals surface area contributed by atoms with E-state index in [1.807, 2.05) is 41.8 Å². The Morgan fingerprint density at radius 3 is 2.57 bits per heavy atom. The van der Waals surface area contributed by atoms with Gasteiger partial charge in [0.25, 0.3) is 5.91 Å². The highest BCUT2D eigenvalue weighted by Gasteiger charge is 2.11. The van der Waals surface area contributed by atoms with Crippen LogP contribution < -0.4 is 15.4 Å². The molecule has 144 valence electrons. The number of para-hydroxylation sites is 1. The van der Waals surface area contributed by atoms with Crippen molar-refractivity contribution in [3.05, 3.63) is 64.5 Å². The molecule has 6 nitrogen and oxygen atoms in total. The molecule has 0 fully saturated rings. The summed E-state index contributed by atoms with van der Waals surface area (Å²) in [5.41, 5.74) is 3.13. The highest BCUT2D eigenvalue weighted by Crippen LogP contribution is 2.24. The predicted molar refractivity (Wildman–Crippen MR) is 111 cm³/mol. The first-order valence-electron chi connectivity index (χ1n) is 8.80. The van der Waals surface area contributed by atoms with E-state index >= 15 is 0 Å². The van der Waals surface area contributed by atoms with Crippen LogP contribution in [0.15, 0.2) is 53.9 Å². The van der Waals surface area contributed by atoms with E-state index in [0.717, 1.165) is 22.0 Å². The van der Waals surface area contributed by atoms with E-state index in [-0.39, 0.29) is 11.8 Å². The summed E-state index contributed by atoms with van der Waals surface area (Å²) in [5.74, 6) is 0.292. The van der Waals surface area contributed by atoms with Crippen molar-refractivity contribution in [1.82, 2.24) is 10.3 Å². The Morgan fingerprint density at radius 2 is 1.86 bits per heavy atom. The summed E-state index contributed by atoms with van der Waals surface area (Å²) in [6.07, 6.45) is 0.648. The first-order valence-corrected chi connectivity index (χ1v) is 9.68. The van der Waals surface area contributed by atoms with Gasteiger partial charge < -0.3 is 15.4 Å². The number of carbonyl (C=O) groups excluding carboxylic acids is 2. The van der Waals surface area contributed by atoms with Crippen LogP contribution in [0, 0.1) is 0 Å². The van der Waals surface area contributed by atoms with Gasteiger partial charge in [0, 0.05) is 36.5 Å². The number of aromatic nitrogens is 1. The van der Waals surface area contributed by atoms with E-state index in [0.29, 0.717) is 24.3 Å². The lowest BCUT2D eigenvalue weighted by Crippen LogP contribution is -2.26. The zero-order chi connectivity index (χ0) is 19.9. The fraction of sp³-hybridized carbons (Fsp3) is 0.190. The maximum Gasteiger partial charge on any atom is 0.255 e. The van der Waals surface area contributed by atoms with Gasteiger partial charge in [-0.25, -0.2) is 4.98 Å². The predicted octanol–water partition coefficient (Wildman–Crippen LogP) is 3.75. The quantitative estimate of drug-likeness (QED) is 0.638. The summed E-state index contributed by atoms with van der Waals surface area (Å²) in [7, 11) is 1.55. The molecule has 2 N–H and O–H groups in total. The number of nitrogens with one attached hydrogen (secondary N) is 2. The van der Waals surface area contributed by atoms with Gasteiger partial charge in [-0.05, 0) is 24.3 Å². The second-order valence-electron chi connectivity index (χ2n) is 6.09. The van der Waals surface area contributed by atoms with Gasteiger partial charge in [0.1, 0.15) is 5.75 Å². The molecule has 3 rings (SSSR count). The van der Waals surface area contributed by atoms with Crippen molar-refractivity contribution in [2.45, 2.75) is 13.3 Å². The normalized spacial score (nSPS) is 10.4. The molecule has 0 radical (unpaired) electrons. The molecule has 0 aliphatic carbocycles. The van der Waals surface area contributed by atoms with Crippen molar-refractivity contribution in [2.24, 2.45) is 0 Å². The Hall–Kier alpha value is -3.19. The molecule has 1 heterocycles. The Morgan fingerprint density at radius 1 is 1.11 bits per heavy atom. The number of benzene rings is 2. The molecular formula is C21H21N3O3S. The maximum atomic E-state index is 12.3. The highest BCUT2D eigenvalue weighted by atomic mass is 32.1. The molecule has 0 atom stereocenters. The maximum absolute atomic E-state index is 12.3. The Kier molecular flexibility index (Phi) is 6.39. The summed E-state index contributed by atoms with van der Waals surface area (Å²) >= 11 is 1.56. The van der Waals surface area contributed by atoms with E-state index in [4.69, 9.17) is 4.74 Å². The molecule has 1 aromatic heterocycles. The van der Waals surface area contributed by atoms with Gasteiger partial charge in [0.2, 0.25) is 5.91 Å². The van der Waals surface area contributed by atoms with Crippen molar-refractivity contribution < 1.29 is 14.3 Å². The van der Waals surface area contributed by atoms with Gasteiger partial charge in [-0.1, -0.05) is 24.3 Å². The summed E-state index contributed by atoms with van der Waals surface area (Å²) in [6, 6.07) is 14.7. The van der Waals surface area contributed by atoms with E-state index in [2.05, 4.69) is 15.6 Å². The number of nitrogens with zero attached hydrogens (tertiary/aromatic N) is 1. The monoisotopic (exact) mass is 395 g/mol. The average Bonchev–Trinajstić information content (AvgIpc) is 3.17. The number of thiazole rings is 1. The molecule has 7 heteroatoms. The summed E-state index contributed by atoms with van der Waals surface area (Å²) < 4.78 is 5.22. The first-order chi connectivity index (χ1) is 13.6. The Bertz CT molecular complexity index is 967. The van der Waals surface area contributed by atoms with Gasteiger partial charge in [-0.15, -0.1) is 11.3 Å². The van der Waals surface area contributed by atoms with Crippen LogP contribution in [0.2, 0.25) is 0 Å². The lowest BCUT2D eigenvalue weighted by molar-refractivity contribution is -0.114. The van der Waals surface area contributed by atoms with Crippen LogP contribution in [0.4, 0.5) is 5.69 Å². The molecule has 28 heavy (non-hydrogen) atoms. The summed E-state index contributed by atoms with van der Waals surface area (Å²) in [4.78, 5) is 28.0. The molecule has 2 aromatic carbocycles. The summed E-state index contributed by atoms with van der Waals surface area (Å²) in [6.45, 7) is 1.97. The van der Waals surface area contributed by atoms with Crippen molar-refractivity contribution in [3.8, 4) is 17.0 Å². The lowest BCUT2D eigenvalue weighted by Gasteiger charge is -2.08. The fourth-order valence-corrected chi connectivity index (χ4v) is 3.50. The second kappa shape index (κ2) is 9.14. The van der Waals surface area contributed by atoms with Gasteiger partial charge in [-0.2, -0.15) is 0 Å². The molecule has 0 unspecified atom stereocenters. The zero-order valence-corrected chi connectivity index (χ0v) is 16.5. The standard InChI is InChI=1S/C21H21N3O3S/c1-14(25)23-16-9-7-15(8-10-16)18-13-28-20(24-18)11-12-22-21(26)17-5-3-4-6-19(17)27-2/h3-10,13H,11-12H2,1-2H3,(H,22,26)(H,23,25). The number of hydrogen-bond acceptors (Lipinski definition) is 5. The topological polar surface area (TPSA) is 80.3 Å². The minimum absolute atomic E-state index is 0.0983. The van der Waals surface area contributed by atoms with Gasteiger partial charge in [-0.3, -0.25) is 9.59 Å². The SMILES string of the molecule is COc1ccccc1C(=O)NCCc1nc(-c2ccc(NC(C)=O)cc2)cs1. The molecule has 0 aliphatic rings. The van der Waals surface area contributed by atoms with E-state index in [9.17, 15) is 9.59 Å². The van der Waals surface area contributed by atoms with Gasteiger partial charge >= 0.3 is 0 Å². The Labute approximate surface area is 167 Å².